The molecule has 0 saturated carbocycles. The normalized spacial score (nSPS) is 10.6. The van der Waals surface area contributed by atoms with Gasteiger partial charge in [0.15, 0.2) is 0 Å². The molecule has 1 aromatic carbocycles. The van der Waals surface area contributed by atoms with Crippen LogP contribution in [0.5, 0.6) is 5.75 Å². The third-order valence-electron chi connectivity index (χ3n) is 2.44. The maximum Gasteiger partial charge on any atom is 0.125 e. The number of benzene rings is 1. The number of phenols is 1. The summed E-state index contributed by atoms with van der Waals surface area (Å²) in [6, 6.07) is 9.06. The average molecular weight is 243 g/mol. The van der Waals surface area contributed by atoms with Crippen LogP contribution in [-0.4, -0.2) is 20.1 Å². The van der Waals surface area contributed by atoms with Gasteiger partial charge in [-0.15, -0.1) is 5.10 Å². The first kappa shape index (κ1) is 10.0. The quantitative estimate of drug-likeness (QED) is 0.753. The molecule has 0 fully saturated rings. The van der Waals surface area contributed by atoms with Crippen LogP contribution in [0.25, 0.3) is 16.9 Å². The summed E-state index contributed by atoms with van der Waals surface area (Å²) in [6.07, 6.45) is 1.80. The lowest BCUT2D eigenvalue weighted by Gasteiger charge is -1.98. The van der Waals surface area contributed by atoms with Crippen molar-refractivity contribution in [2.75, 3.05) is 0 Å². The highest BCUT2D eigenvalue weighted by Gasteiger charge is 2.08. The minimum absolute atomic E-state index is 0.213. The second-order valence-electron chi connectivity index (χ2n) is 3.55. The van der Waals surface area contributed by atoms with Crippen LogP contribution < -0.4 is 0 Å². The Bertz CT molecular complexity index is 631. The number of phenolic OH excluding ortho intramolecular Hbond substituents is 1. The molecular formula is C12H9N3OS. The molecule has 1 N–H and O–H groups in total. The molecule has 2 aromatic heterocycles. The van der Waals surface area contributed by atoms with Crippen LogP contribution in [0.2, 0.25) is 0 Å². The van der Waals surface area contributed by atoms with Crippen molar-refractivity contribution in [3.05, 3.63) is 47.3 Å². The van der Waals surface area contributed by atoms with E-state index in [0.717, 1.165) is 5.69 Å². The first-order valence-electron chi connectivity index (χ1n) is 5.08. The van der Waals surface area contributed by atoms with Gasteiger partial charge in [0.25, 0.3) is 0 Å². The van der Waals surface area contributed by atoms with Gasteiger partial charge in [-0.2, -0.15) is 11.3 Å². The molecule has 0 atom stereocenters. The van der Waals surface area contributed by atoms with Gasteiger partial charge >= 0.3 is 0 Å². The van der Waals surface area contributed by atoms with Crippen LogP contribution in [0.15, 0.2) is 47.3 Å². The Morgan fingerprint density at radius 3 is 2.82 bits per heavy atom. The van der Waals surface area contributed by atoms with Gasteiger partial charge in [0, 0.05) is 10.9 Å². The van der Waals surface area contributed by atoms with E-state index in [2.05, 4.69) is 10.3 Å². The lowest BCUT2D eigenvalue weighted by atomic mass is 10.1. The largest absolute Gasteiger partial charge is 0.507 e. The van der Waals surface area contributed by atoms with Crippen LogP contribution in [0.3, 0.4) is 0 Å². The maximum absolute atomic E-state index is 9.73. The number of para-hydroxylation sites is 1. The molecule has 0 aliphatic heterocycles. The van der Waals surface area contributed by atoms with E-state index >= 15 is 0 Å². The Labute approximate surface area is 102 Å². The summed E-state index contributed by atoms with van der Waals surface area (Å²) in [5.41, 5.74) is 2.33. The van der Waals surface area contributed by atoms with Crippen LogP contribution >= 0.6 is 11.3 Å². The van der Waals surface area contributed by atoms with E-state index in [0.29, 0.717) is 11.3 Å². The fraction of sp³-hybridized carbons (Fsp3) is 0. The van der Waals surface area contributed by atoms with E-state index in [1.165, 1.54) is 0 Å². The van der Waals surface area contributed by atoms with Crippen LogP contribution in [0.4, 0.5) is 0 Å². The Balaban J connectivity index is 2.04. The predicted molar refractivity (Wildman–Crippen MR) is 66.3 cm³/mol. The smallest absolute Gasteiger partial charge is 0.125 e. The third kappa shape index (κ3) is 1.81. The van der Waals surface area contributed by atoms with Crippen molar-refractivity contribution in [2.24, 2.45) is 0 Å². The Hall–Kier alpha value is -2.14. The van der Waals surface area contributed by atoms with Crippen LogP contribution in [0.1, 0.15) is 0 Å². The van der Waals surface area contributed by atoms with Gasteiger partial charge in [0.1, 0.15) is 11.4 Å². The highest BCUT2D eigenvalue weighted by molar-refractivity contribution is 7.08. The molecule has 0 radical (unpaired) electrons. The lowest BCUT2D eigenvalue weighted by molar-refractivity contribution is 0.477. The molecule has 17 heavy (non-hydrogen) atoms. The number of hydrogen-bond donors (Lipinski definition) is 1. The first-order valence-corrected chi connectivity index (χ1v) is 6.02. The number of nitrogens with zero attached hydrogens (tertiary/aromatic N) is 3. The monoisotopic (exact) mass is 243 g/mol. The van der Waals surface area contributed by atoms with Crippen molar-refractivity contribution < 1.29 is 5.11 Å². The van der Waals surface area contributed by atoms with Gasteiger partial charge < -0.3 is 5.11 Å². The van der Waals surface area contributed by atoms with Crippen molar-refractivity contribution in [1.82, 2.24) is 15.0 Å². The zero-order chi connectivity index (χ0) is 11.7. The summed E-state index contributed by atoms with van der Waals surface area (Å²) in [6.45, 7) is 0. The van der Waals surface area contributed by atoms with Crippen LogP contribution in [-0.2, 0) is 0 Å². The van der Waals surface area contributed by atoms with Gasteiger partial charge in [-0.1, -0.05) is 17.3 Å². The number of hydrogen-bond acceptors (Lipinski definition) is 4. The van der Waals surface area contributed by atoms with Crippen molar-refractivity contribution >= 4 is 11.3 Å². The molecule has 0 unspecified atom stereocenters. The van der Waals surface area contributed by atoms with Gasteiger partial charge in [-0.05, 0) is 23.6 Å². The Morgan fingerprint density at radius 2 is 2.06 bits per heavy atom. The fourth-order valence-corrected chi connectivity index (χ4v) is 2.21. The number of aromatic hydroxyl groups is 1. The van der Waals surface area contributed by atoms with E-state index < -0.39 is 0 Å². The summed E-state index contributed by atoms with van der Waals surface area (Å²) in [4.78, 5) is 0. The summed E-state index contributed by atoms with van der Waals surface area (Å²) >= 11 is 1.60. The Kier molecular flexibility index (Phi) is 2.38. The highest BCUT2D eigenvalue weighted by Crippen LogP contribution is 2.27. The molecular weight excluding hydrogens is 234 g/mol. The standard InChI is InChI=1S/C12H9N3OS/c16-12-4-2-1-3-10(12)11-7-15(14-13-11)9-5-6-17-8-9/h1-8,16H. The van der Waals surface area contributed by atoms with E-state index in [1.54, 1.807) is 34.3 Å². The summed E-state index contributed by atoms with van der Waals surface area (Å²) in [7, 11) is 0. The summed E-state index contributed by atoms with van der Waals surface area (Å²) in [5, 5.41) is 21.8. The molecule has 5 heteroatoms. The van der Waals surface area contributed by atoms with Gasteiger partial charge in [-0.25, -0.2) is 4.68 Å². The topological polar surface area (TPSA) is 50.9 Å². The molecule has 0 amide bonds. The van der Waals surface area contributed by atoms with Gasteiger partial charge in [-0.3, -0.25) is 0 Å². The van der Waals surface area contributed by atoms with E-state index in [-0.39, 0.29) is 5.75 Å². The maximum atomic E-state index is 9.73. The van der Waals surface area contributed by atoms with Gasteiger partial charge in [0.05, 0.1) is 11.9 Å². The highest BCUT2D eigenvalue weighted by atomic mass is 32.1. The van der Waals surface area contributed by atoms with Crippen molar-refractivity contribution in [3.63, 3.8) is 0 Å². The summed E-state index contributed by atoms with van der Waals surface area (Å²) in [5.74, 6) is 0.213. The van der Waals surface area contributed by atoms with Gasteiger partial charge in [0.2, 0.25) is 0 Å². The SMILES string of the molecule is Oc1ccccc1-c1cn(-c2ccsc2)nn1. The Morgan fingerprint density at radius 1 is 1.18 bits per heavy atom. The molecule has 0 bridgehead atoms. The zero-order valence-corrected chi connectivity index (χ0v) is 9.63. The average Bonchev–Trinajstić information content (AvgIpc) is 3.00. The van der Waals surface area contributed by atoms with Crippen molar-refractivity contribution in [1.29, 1.82) is 0 Å². The number of aromatic nitrogens is 3. The molecule has 84 valence electrons. The van der Waals surface area contributed by atoms with E-state index in [9.17, 15) is 5.11 Å². The second kappa shape index (κ2) is 4.03. The minimum atomic E-state index is 0.213. The first-order chi connectivity index (χ1) is 8.34. The third-order valence-corrected chi connectivity index (χ3v) is 3.11. The molecule has 3 rings (SSSR count). The number of rotatable bonds is 2. The van der Waals surface area contributed by atoms with Crippen molar-refractivity contribution in [2.45, 2.75) is 0 Å². The predicted octanol–water partition coefficient (Wildman–Crippen LogP) is 2.70. The molecule has 3 aromatic rings. The second-order valence-corrected chi connectivity index (χ2v) is 4.33. The molecule has 0 aliphatic carbocycles. The zero-order valence-electron chi connectivity index (χ0n) is 8.82. The van der Waals surface area contributed by atoms with Crippen molar-refractivity contribution in [3.8, 4) is 22.7 Å². The molecule has 0 saturated heterocycles. The van der Waals surface area contributed by atoms with Crippen LogP contribution in [0, 0.1) is 0 Å². The lowest BCUT2D eigenvalue weighted by Crippen LogP contribution is -1.91. The van der Waals surface area contributed by atoms with E-state index in [4.69, 9.17) is 0 Å². The van der Waals surface area contributed by atoms with E-state index in [1.807, 2.05) is 29.0 Å². The molecule has 0 spiro atoms. The molecule has 2 heterocycles. The molecule has 4 nitrogen and oxygen atoms in total. The number of thiophene rings is 1. The minimum Gasteiger partial charge on any atom is -0.507 e. The summed E-state index contributed by atoms with van der Waals surface area (Å²) < 4.78 is 1.69. The molecule has 0 aliphatic rings. The fourth-order valence-electron chi connectivity index (χ4n) is 1.59.